The lowest BCUT2D eigenvalue weighted by atomic mass is 9.71. The van der Waals surface area contributed by atoms with Gasteiger partial charge < -0.3 is 10.4 Å². The van der Waals surface area contributed by atoms with Crippen LogP contribution in [0.2, 0.25) is 0 Å². The van der Waals surface area contributed by atoms with Crippen molar-refractivity contribution < 1.29 is 5.11 Å². The number of hydrogen-bond donors (Lipinski definition) is 2. The monoisotopic (exact) mass is 227 g/mol. The molecule has 2 nitrogen and oxygen atoms in total. The van der Waals surface area contributed by atoms with Gasteiger partial charge in [-0.1, -0.05) is 33.6 Å². The van der Waals surface area contributed by atoms with E-state index in [1.54, 1.807) is 0 Å². The van der Waals surface area contributed by atoms with E-state index in [9.17, 15) is 5.11 Å². The van der Waals surface area contributed by atoms with Gasteiger partial charge in [0.15, 0.2) is 0 Å². The summed E-state index contributed by atoms with van der Waals surface area (Å²) in [5, 5.41) is 12.9. The van der Waals surface area contributed by atoms with Gasteiger partial charge >= 0.3 is 0 Å². The summed E-state index contributed by atoms with van der Waals surface area (Å²) >= 11 is 0. The molecule has 16 heavy (non-hydrogen) atoms. The Kier molecular flexibility index (Phi) is 5.77. The van der Waals surface area contributed by atoms with Crippen LogP contribution in [-0.2, 0) is 0 Å². The number of aliphatic hydroxyl groups is 1. The molecule has 96 valence electrons. The van der Waals surface area contributed by atoms with E-state index in [4.69, 9.17) is 0 Å². The second-order valence-corrected chi connectivity index (χ2v) is 5.88. The molecule has 0 bridgehead atoms. The van der Waals surface area contributed by atoms with E-state index in [2.05, 4.69) is 26.1 Å². The molecule has 1 aliphatic rings. The fourth-order valence-electron chi connectivity index (χ4n) is 3.42. The Morgan fingerprint density at radius 3 is 2.75 bits per heavy atom. The quantitative estimate of drug-likeness (QED) is 0.731. The van der Waals surface area contributed by atoms with E-state index in [-0.39, 0.29) is 5.54 Å². The van der Waals surface area contributed by atoms with E-state index >= 15 is 0 Å². The Balaban J connectivity index is 2.55. The van der Waals surface area contributed by atoms with Crippen molar-refractivity contribution in [2.75, 3.05) is 13.2 Å². The van der Waals surface area contributed by atoms with Crippen LogP contribution in [0.25, 0.3) is 0 Å². The third-order valence-corrected chi connectivity index (χ3v) is 3.89. The summed E-state index contributed by atoms with van der Waals surface area (Å²) < 4.78 is 0. The van der Waals surface area contributed by atoms with Crippen molar-refractivity contribution in [1.29, 1.82) is 0 Å². The SMILES string of the molecule is CCNC1(CCO)CCCC(CC(C)C)C1. The average molecular weight is 227 g/mol. The largest absolute Gasteiger partial charge is 0.396 e. The molecule has 1 saturated carbocycles. The minimum atomic E-state index is 0.237. The van der Waals surface area contributed by atoms with Gasteiger partial charge in [-0.2, -0.15) is 0 Å². The van der Waals surface area contributed by atoms with Crippen LogP contribution in [0.15, 0.2) is 0 Å². The lowest BCUT2D eigenvalue weighted by molar-refractivity contribution is 0.126. The lowest BCUT2D eigenvalue weighted by Crippen LogP contribution is -2.49. The molecule has 0 radical (unpaired) electrons. The first-order chi connectivity index (χ1) is 7.62. The minimum absolute atomic E-state index is 0.237. The summed E-state index contributed by atoms with van der Waals surface area (Å²) in [7, 11) is 0. The molecule has 0 spiro atoms. The van der Waals surface area contributed by atoms with Crippen molar-refractivity contribution in [3.05, 3.63) is 0 Å². The first-order valence-corrected chi connectivity index (χ1v) is 6.98. The van der Waals surface area contributed by atoms with Crippen LogP contribution in [0.5, 0.6) is 0 Å². The third kappa shape index (κ3) is 4.06. The van der Waals surface area contributed by atoms with Crippen molar-refractivity contribution in [2.24, 2.45) is 11.8 Å². The maximum Gasteiger partial charge on any atom is 0.0448 e. The summed E-state index contributed by atoms with van der Waals surface area (Å²) in [4.78, 5) is 0. The van der Waals surface area contributed by atoms with Crippen LogP contribution in [0.1, 0.15) is 59.3 Å². The third-order valence-electron chi connectivity index (χ3n) is 3.89. The molecule has 2 heteroatoms. The van der Waals surface area contributed by atoms with Crippen molar-refractivity contribution in [3.8, 4) is 0 Å². The Hall–Kier alpha value is -0.0800. The maximum atomic E-state index is 9.24. The molecule has 0 aromatic heterocycles. The van der Waals surface area contributed by atoms with Gasteiger partial charge in [-0.05, 0) is 44.1 Å². The van der Waals surface area contributed by atoms with E-state index < -0.39 is 0 Å². The van der Waals surface area contributed by atoms with Gasteiger partial charge in [-0.25, -0.2) is 0 Å². The molecule has 2 N–H and O–H groups in total. The van der Waals surface area contributed by atoms with Crippen molar-refractivity contribution >= 4 is 0 Å². The van der Waals surface area contributed by atoms with Gasteiger partial charge in [0.1, 0.15) is 0 Å². The van der Waals surface area contributed by atoms with Crippen LogP contribution in [-0.4, -0.2) is 23.8 Å². The van der Waals surface area contributed by atoms with Gasteiger partial charge in [-0.15, -0.1) is 0 Å². The van der Waals surface area contributed by atoms with E-state index in [0.29, 0.717) is 6.61 Å². The fraction of sp³-hybridized carbons (Fsp3) is 1.00. The van der Waals surface area contributed by atoms with Crippen molar-refractivity contribution in [3.63, 3.8) is 0 Å². The second-order valence-electron chi connectivity index (χ2n) is 5.88. The molecule has 0 aliphatic heterocycles. The Bertz CT molecular complexity index is 180. The van der Waals surface area contributed by atoms with Gasteiger partial charge in [0.2, 0.25) is 0 Å². The van der Waals surface area contributed by atoms with Gasteiger partial charge in [-0.3, -0.25) is 0 Å². The van der Waals surface area contributed by atoms with Crippen LogP contribution >= 0.6 is 0 Å². The highest BCUT2D eigenvalue weighted by Crippen LogP contribution is 2.37. The topological polar surface area (TPSA) is 32.3 Å². The molecule has 1 rings (SSSR count). The standard InChI is InChI=1S/C14H29NO/c1-4-15-14(8-9-16)7-5-6-13(11-14)10-12(2)3/h12-13,15-16H,4-11H2,1-3H3. The molecule has 1 aliphatic carbocycles. The normalized spacial score (nSPS) is 30.9. The summed E-state index contributed by atoms with van der Waals surface area (Å²) in [6.07, 6.45) is 7.49. The molecule has 0 aromatic rings. The van der Waals surface area contributed by atoms with E-state index in [1.165, 1.54) is 32.1 Å². The Morgan fingerprint density at radius 2 is 2.19 bits per heavy atom. The van der Waals surface area contributed by atoms with Gasteiger partial charge in [0, 0.05) is 12.1 Å². The van der Waals surface area contributed by atoms with Gasteiger partial charge in [0.25, 0.3) is 0 Å². The second kappa shape index (κ2) is 6.61. The molecule has 0 amide bonds. The molecule has 2 unspecified atom stereocenters. The van der Waals surface area contributed by atoms with Crippen LogP contribution in [0, 0.1) is 11.8 Å². The van der Waals surface area contributed by atoms with Crippen molar-refractivity contribution in [2.45, 2.75) is 64.8 Å². The predicted octanol–water partition coefficient (Wildman–Crippen LogP) is 2.95. The molecule has 0 aromatic carbocycles. The zero-order valence-corrected chi connectivity index (χ0v) is 11.3. The first-order valence-electron chi connectivity index (χ1n) is 6.98. The molecule has 0 heterocycles. The summed E-state index contributed by atoms with van der Waals surface area (Å²) in [6.45, 7) is 8.14. The lowest BCUT2D eigenvalue weighted by Gasteiger charge is -2.42. The molecular weight excluding hydrogens is 198 g/mol. The zero-order chi connectivity index (χ0) is 12.0. The Morgan fingerprint density at radius 1 is 1.44 bits per heavy atom. The minimum Gasteiger partial charge on any atom is -0.396 e. The number of rotatable bonds is 6. The zero-order valence-electron chi connectivity index (χ0n) is 11.3. The summed E-state index contributed by atoms with van der Waals surface area (Å²) in [5.41, 5.74) is 0.237. The number of aliphatic hydroxyl groups excluding tert-OH is 1. The number of hydrogen-bond acceptors (Lipinski definition) is 2. The predicted molar refractivity (Wildman–Crippen MR) is 69.5 cm³/mol. The van der Waals surface area contributed by atoms with E-state index in [0.717, 1.165) is 24.8 Å². The van der Waals surface area contributed by atoms with Crippen LogP contribution in [0.4, 0.5) is 0 Å². The maximum absolute atomic E-state index is 9.24. The van der Waals surface area contributed by atoms with Gasteiger partial charge in [0.05, 0.1) is 0 Å². The Labute approximate surface area is 101 Å². The van der Waals surface area contributed by atoms with Crippen LogP contribution < -0.4 is 5.32 Å². The number of nitrogens with one attached hydrogen (secondary N) is 1. The first kappa shape index (κ1) is 14.0. The highest BCUT2D eigenvalue weighted by molar-refractivity contribution is 4.93. The average Bonchev–Trinajstić information content (AvgIpc) is 2.17. The molecule has 0 saturated heterocycles. The van der Waals surface area contributed by atoms with Crippen molar-refractivity contribution in [1.82, 2.24) is 5.32 Å². The van der Waals surface area contributed by atoms with Crippen LogP contribution in [0.3, 0.4) is 0 Å². The summed E-state index contributed by atoms with van der Waals surface area (Å²) in [5.74, 6) is 1.66. The highest BCUT2D eigenvalue weighted by atomic mass is 16.3. The smallest absolute Gasteiger partial charge is 0.0448 e. The summed E-state index contributed by atoms with van der Waals surface area (Å²) in [6, 6.07) is 0. The molecular formula is C14H29NO. The molecule has 1 fully saturated rings. The molecule has 2 atom stereocenters. The van der Waals surface area contributed by atoms with E-state index in [1.807, 2.05) is 0 Å². The highest BCUT2D eigenvalue weighted by Gasteiger charge is 2.34. The fourth-order valence-corrected chi connectivity index (χ4v) is 3.42.